The van der Waals surface area contributed by atoms with Crippen LogP contribution in [0, 0.1) is 0 Å². The molecule has 0 atom stereocenters. The van der Waals surface area contributed by atoms with E-state index in [1.807, 2.05) is 41.1 Å². The van der Waals surface area contributed by atoms with E-state index in [-0.39, 0.29) is 24.2 Å². The third-order valence-electron chi connectivity index (χ3n) is 5.60. The largest absolute Gasteiger partial charge is 0.462 e. The number of nitrogens with zero attached hydrogens (tertiary/aromatic N) is 3. The fourth-order valence-electron chi connectivity index (χ4n) is 3.74. The molecule has 0 unspecified atom stereocenters. The summed E-state index contributed by atoms with van der Waals surface area (Å²) < 4.78 is 12.7. The fourth-order valence-corrected chi connectivity index (χ4v) is 5.68. The summed E-state index contributed by atoms with van der Waals surface area (Å²) in [6.07, 6.45) is 2.90. The summed E-state index contributed by atoms with van der Waals surface area (Å²) >= 11 is 8.72. The molecule has 0 spiro atoms. The standard InChI is InChI=1S/C25H29ClN4O4S2/c1-3-33-13-5-12-30-22(17-8-10-18(26)11-9-17)28-29-25(30)36-15-20(31)27-23-21(24(32)34-4-2)19(14-35-23)16-6-7-16/h8-11,14,16H,3-7,12-13,15H2,1-2H3,(H,27,31). The van der Waals surface area contributed by atoms with E-state index >= 15 is 0 Å². The minimum Gasteiger partial charge on any atom is -0.462 e. The average molecular weight is 549 g/mol. The summed E-state index contributed by atoms with van der Waals surface area (Å²) in [5.74, 6) is 0.616. The predicted octanol–water partition coefficient (Wildman–Crippen LogP) is 5.87. The number of nitrogens with one attached hydrogen (secondary N) is 1. The Labute approximate surface area is 223 Å². The number of carbonyl (C=O) groups excluding carboxylic acids is 2. The Balaban J connectivity index is 1.46. The number of esters is 1. The number of carbonyl (C=O) groups is 2. The van der Waals surface area contributed by atoms with Gasteiger partial charge in [-0.2, -0.15) is 0 Å². The topological polar surface area (TPSA) is 95.3 Å². The summed E-state index contributed by atoms with van der Waals surface area (Å²) in [5, 5.41) is 15.4. The monoisotopic (exact) mass is 548 g/mol. The summed E-state index contributed by atoms with van der Waals surface area (Å²) in [7, 11) is 0. The van der Waals surface area contributed by atoms with Gasteiger partial charge in [-0.15, -0.1) is 21.5 Å². The smallest absolute Gasteiger partial charge is 0.341 e. The molecule has 1 N–H and O–H groups in total. The Morgan fingerprint density at radius 1 is 1.19 bits per heavy atom. The summed E-state index contributed by atoms with van der Waals surface area (Å²) in [6, 6.07) is 7.43. The van der Waals surface area contributed by atoms with E-state index in [9.17, 15) is 9.59 Å². The molecule has 11 heteroatoms. The van der Waals surface area contributed by atoms with Gasteiger partial charge in [-0.25, -0.2) is 4.79 Å². The summed E-state index contributed by atoms with van der Waals surface area (Å²) in [4.78, 5) is 25.4. The molecular formula is C25H29ClN4O4S2. The first kappa shape index (κ1) is 26.7. The van der Waals surface area contributed by atoms with Crippen LogP contribution in [0.4, 0.5) is 5.00 Å². The molecule has 3 aromatic rings. The van der Waals surface area contributed by atoms with Gasteiger partial charge in [0.05, 0.1) is 17.9 Å². The molecule has 0 bridgehead atoms. The highest BCUT2D eigenvalue weighted by atomic mass is 35.5. The van der Waals surface area contributed by atoms with E-state index < -0.39 is 0 Å². The van der Waals surface area contributed by atoms with Gasteiger partial charge in [-0.3, -0.25) is 4.79 Å². The van der Waals surface area contributed by atoms with Gasteiger partial charge < -0.3 is 19.4 Å². The lowest BCUT2D eigenvalue weighted by atomic mass is 10.1. The molecular weight excluding hydrogens is 520 g/mol. The highest BCUT2D eigenvalue weighted by Gasteiger charge is 2.32. The molecule has 0 aliphatic heterocycles. The van der Waals surface area contributed by atoms with E-state index in [4.69, 9.17) is 21.1 Å². The Morgan fingerprint density at radius 2 is 1.97 bits per heavy atom. The lowest BCUT2D eigenvalue weighted by Crippen LogP contribution is -2.17. The minimum absolute atomic E-state index is 0.128. The first-order valence-electron chi connectivity index (χ1n) is 12.0. The molecule has 192 valence electrons. The van der Waals surface area contributed by atoms with Crippen molar-refractivity contribution in [2.45, 2.75) is 50.7 Å². The Morgan fingerprint density at radius 3 is 2.67 bits per heavy atom. The second kappa shape index (κ2) is 12.7. The number of rotatable bonds is 13. The van der Waals surface area contributed by atoms with Gasteiger partial charge >= 0.3 is 5.97 Å². The number of benzene rings is 1. The van der Waals surface area contributed by atoms with Crippen molar-refractivity contribution < 1.29 is 19.1 Å². The number of hydrogen-bond acceptors (Lipinski definition) is 8. The number of thiophene rings is 1. The minimum atomic E-state index is -0.384. The first-order chi connectivity index (χ1) is 17.5. The molecule has 4 rings (SSSR count). The zero-order valence-electron chi connectivity index (χ0n) is 20.3. The van der Waals surface area contributed by atoms with Crippen molar-refractivity contribution in [3.05, 3.63) is 45.8 Å². The van der Waals surface area contributed by atoms with E-state index in [1.165, 1.54) is 23.1 Å². The van der Waals surface area contributed by atoms with E-state index in [0.717, 1.165) is 30.4 Å². The molecule has 1 amide bonds. The molecule has 0 radical (unpaired) electrons. The Kier molecular flexibility index (Phi) is 9.41. The van der Waals surface area contributed by atoms with Crippen LogP contribution in [-0.2, 0) is 20.8 Å². The van der Waals surface area contributed by atoms with Crippen LogP contribution in [0.5, 0.6) is 0 Å². The Hall–Kier alpha value is -2.40. The number of hydrogen-bond donors (Lipinski definition) is 1. The van der Waals surface area contributed by atoms with Crippen LogP contribution < -0.4 is 5.32 Å². The van der Waals surface area contributed by atoms with Crippen LogP contribution in [0.15, 0.2) is 34.8 Å². The summed E-state index contributed by atoms with van der Waals surface area (Å²) in [5.41, 5.74) is 2.36. The first-order valence-corrected chi connectivity index (χ1v) is 14.2. The van der Waals surface area contributed by atoms with Gasteiger partial charge in [0.15, 0.2) is 11.0 Å². The van der Waals surface area contributed by atoms with Gasteiger partial charge in [0.25, 0.3) is 0 Å². The number of aromatic nitrogens is 3. The lowest BCUT2D eigenvalue weighted by Gasteiger charge is -2.11. The predicted molar refractivity (Wildman–Crippen MR) is 143 cm³/mol. The van der Waals surface area contributed by atoms with Gasteiger partial charge in [0.1, 0.15) is 5.00 Å². The van der Waals surface area contributed by atoms with Crippen molar-refractivity contribution in [2.75, 3.05) is 30.9 Å². The SMILES string of the molecule is CCOCCCn1c(SCC(=O)Nc2scc(C3CC3)c2C(=O)OCC)nnc1-c1ccc(Cl)cc1. The van der Waals surface area contributed by atoms with Crippen molar-refractivity contribution >= 4 is 51.6 Å². The van der Waals surface area contributed by atoms with Gasteiger partial charge in [-0.1, -0.05) is 23.4 Å². The maximum Gasteiger partial charge on any atom is 0.341 e. The van der Waals surface area contributed by atoms with Crippen LogP contribution in [0.25, 0.3) is 11.4 Å². The average Bonchev–Trinajstić information content (AvgIpc) is 3.51. The lowest BCUT2D eigenvalue weighted by molar-refractivity contribution is -0.113. The van der Waals surface area contributed by atoms with E-state index in [2.05, 4.69) is 15.5 Å². The van der Waals surface area contributed by atoms with Crippen LogP contribution in [0.1, 0.15) is 54.9 Å². The maximum absolute atomic E-state index is 12.9. The van der Waals surface area contributed by atoms with Crippen molar-refractivity contribution in [1.82, 2.24) is 14.8 Å². The maximum atomic E-state index is 12.9. The molecule has 1 aliphatic rings. The van der Waals surface area contributed by atoms with Crippen LogP contribution in [-0.4, -0.2) is 52.2 Å². The second-order valence-electron chi connectivity index (χ2n) is 8.24. The van der Waals surface area contributed by atoms with E-state index in [0.29, 0.717) is 52.2 Å². The zero-order chi connectivity index (χ0) is 25.5. The number of amides is 1. The number of halogens is 1. The molecule has 1 aliphatic carbocycles. The van der Waals surface area contributed by atoms with Crippen LogP contribution >= 0.6 is 34.7 Å². The molecule has 2 heterocycles. The molecule has 1 saturated carbocycles. The van der Waals surface area contributed by atoms with Crippen molar-refractivity contribution in [1.29, 1.82) is 0 Å². The molecule has 8 nitrogen and oxygen atoms in total. The molecule has 1 fully saturated rings. The highest BCUT2D eigenvalue weighted by molar-refractivity contribution is 7.99. The van der Waals surface area contributed by atoms with Crippen LogP contribution in [0.2, 0.25) is 5.02 Å². The fraction of sp³-hybridized carbons (Fsp3) is 0.440. The second-order valence-corrected chi connectivity index (χ2v) is 10.5. The van der Waals surface area contributed by atoms with E-state index in [1.54, 1.807) is 6.92 Å². The number of ether oxygens (including phenoxy) is 2. The number of thioether (sulfide) groups is 1. The van der Waals surface area contributed by atoms with Gasteiger partial charge in [0, 0.05) is 30.3 Å². The Bertz CT molecular complexity index is 1190. The van der Waals surface area contributed by atoms with Crippen molar-refractivity contribution in [2.24, 2.45) is 0 Å². The normalized spacial score (nSPS) is 13.1. The van der Waals surface area contributed by atoms with Gasteiger partial charge in [0.2, 0.25) is 5.91 Å². The number of anilines is 1. The summed E-state index contributed by atoms with van der Waals surface area (Å²) in [6.45, 7) is 5.96. The van der Waals surface area contributed by atoms with Crippen molar-refractivity contribution in [3.63, 3.8) is 0 Å². The molecule has 0 saturated heterocycles. The molecule has 36 heavy (non-hydrogen) atoms. The van der Waals surface area contributed by atoms with Crippen LogP contribution in [0.3, 0.4) is 0 Å². The molecule has 1 aromatic carbocycles. The highest BCUT2D eigenvalue weighted by Crippen LogP contribution is 2.46. The quantitative estimate of drug-likeness (QED) is 0.162. The van der Waals surface area contributed by atoms with Gasteiger partial charge in [-0.05, 0) is 74.2 Å². The third kappa shape index (κ3) is 6.67. The van der Waals surface area contributed by atoms with Crippen molar-refractivity contribution in [3.8, 4) is 11.4 Å². The molecule has 2 aromatic heterocycles. The third-order valence-corrected chi connectivity index (χ3v) is 7.73. The zero-order valence-corrected chi connectivity index (χ0v) is 22.7.